The molecule has 5 nitrogen and oxygen atoms in total. The second-order valence-corrected chi connectivity index (χ2v) is 5.33. The number of carbonyl (C=O) groups is 2. The van der Waals surface area contributed by atoms with Crippen molar-refractivity contribution < 1.29 is 14.0 Å². The van der Waals surface area contributed by atoms with Crippen LogP contribution in [0.3, 0.4) is 0 Å². The first-order valence-electron chi connectivity index (χ1n) is 7.59. The largest absolute Gasteiger partial charge is 0.465 e. The van der Waals surface area contributed by atoms with Gasteiger partial charge in [-0.15, -0.1) is 0 Å². The third-order valence-electron chi connectivity index (χ3n) is 3.83. The first-order valence-corrected chi connectivity index (χ1v) is 7.59. The van der Waals surface area contributed by atoms with E-state index < -0.39 is 0 Å². The molecule has 0 bridgehead atoms. The van der Waals surface area contributed by atoms with Crippen LogP contribution in [0, 0.1) is 0 Å². The fraction of sp³-hybridized carbons (Fsp3) is 0.222. The van der Waals surface area contributed by atoms with E-state index in [1.807, 2.05) is 30.3 Å². The van der Waals surface area contributed by atoms with Gasteiger partial charge in [-0.1, -0.05) is 18.2 Å². The minimum Gasteiger partial charge on any atom is -0.465 e. The van der Waals surface area contributed by atoms with Crippen LogP contribution in [0.2, 0.25) is 0 Å². The van der Waals surface area contributed by atoms with Crippen molar-refractivity contribution in [2.75, 3.05) is 26.2 Å². The SMILES string of the molecule is O=C(/C=C/c1ccco1)N1CCN(C(=O)c2ccccc2)CC1. The van der Waals surface area contributed by atoms with Crippen LogP contribution in [-0.2, 0) is 4.79 Å². The van der Waals surface area contributed by atoms with Crippen LogP contribution in [0.4, 0.5) is 0 Å². The summed E-state index contributed by atoms with van der Waals surface area (Å²) in [4.78, 5) is 28.0. The lowest BCUT2D eigenvalue weighted by molar-refractivity contribution is -0.127. The molecule has 0 spiro atoms. The van der Waals surface area contributed by atoms with Gasteiger partial charge in [0.25, 0.3) is 5.91 Å². The van der Waals surface area contributed by atoms with E-state index in [1.165, 1.54) is 6.08 Å². The summed E-state index contributed by atoms with van der Waals surface area (Å²) in [6.07, 6.45) is 4.73. The van der Waals surface area contributed by atoms with Gasteiger partial charge in [0.2, 0.25) is 5.91 Å². The number of nitrogens with zero attached hydrogens (tertiary/aromatic N) is 2. The van der Waals surface area contributed by atoms with Crippen LogP contribution in [-0.4, -0.2) is 47.8 Å². The van der Waals surface area contributed by atoms with Crippen molar-refractivity contribution in [1.29, 1.82) is 0 Å². The van der Waals surface area contributed by atoms with Gasteiger partial charge in [0.15, 0.2) is 0 Å². The minimum atomic E-state index is -0.0618. The Morgan fingerprint density at radius 1 is 0.913 bits per heavy atom. The Labute approximate surface area is 134 Å². The average molecular weight is 310 g/mol. The molecule has 1 aliphatic rings. The van der Waals surface area contributed by atoms with Gasteiger partial charge in [-0.05, 0) is 30.3 Å². The lowest BCUT2D eigenvalue weighted by atomic mass is 10.2. The maximum atomic E-state index is 12.4. The Morgan fingerprint density at radius 2 is 1.61 bits per heavy atom. The smallest absolute Gasteiger partial charge is 0.253 e. The Balaban J connectivity index is 1.54. The van der Waals surface area contributed by atoms with E-state index >= 15 is 0 Å². The molecule has 0 radical (unpaired) electrons. The van der Waals surface area contributed by atoms with Crippen molar-refractivity contribution in [3.8, 4) is 0 Å². The zero-order chi connectivity index (χ0) is 16.1. The number of benzene rings is 1. The minimum absolute atomic E-state index is 0.0174. The predicted molar refractivity (Wildman–Crippen MR) is 86.7 cm³/mol. The van der Waals surface area contributed by atoms with Gasteiger partial charge in [0.1, 0.15) is 5.76 Å². The first kappa shape index (κ1) is 15.1. The van der Waals surface area contributed by atoms with E-state index in [-0.39, 0.29) is 11.8 Å². The number of rotatable bonds is 3. The fourth-order valence-electron chi connectivity index (χ4n) is 2.54. The molecule has 0 saturated carbocycles. The van der Waals surface area contributed by atoms with Gasteiger partial charge in [-0.2, -0.15) is 0 Å². The lowest BCUT2D eigenvalue weighted by Crippen LogP contribution is -2.50. The molecule has 5 heteroatoms. The molecule has 118 valence electrons. The number of furan rings is 1. The molecule has 2 aromatic rings. The summed E-state index contributed by atoms with van der Waals surface area (Å²) >= 11 is 0. The molecule has 2 amide bonds. The molecule has 1 saturated heterocycles. The molecule has 1 aromatic heterocycles. The number of carbonyl (C=O) groups excluding carboxylic acids is 2. The molecule has 1 aromatic carbocycles. The maximum absolute atomic E-state index is 12.4. The number of hydrogen-bond acceptors (Lipinski definition) is 3. The predicted octanol–water partition coefficient (Wildman–Crippen LogP) is 2.28. The molecule has 0 unspecified atom stereocenters. The van der Waals surface area contributed by atoms with E-state index in [1.54, 1.807) is 34.3 Å². The van der Waals surface area contributed by atoms with E-state index in [0.717, 1.165) is 0 Å². The van der Waals surface area contributed by atoms with Gasteiger partial charge in [0.05, 0.1) is 6.26 Å². The second-order valence-electron chi connectivity index (χ2n) is 5.33. The summed E-state index contributed by atoms with van der Waals surface area (Å²) in [5.41, 5.74) is 0.685. The standard InChI is InChI=1S/C18H18N2O3/c21-17(9-8-16-7-4-14-23-16)19-10-12-20(13-11-19)18(22)15-5-2-1-3-6-15/h1-9,14H,10-13H2/b9-8+. The quantitative estimate of drug-likeness (QED) is 0.817. The topological polar surface area (TPSA) is 53.8 Å². The first-order chi connectivity index (χ1) is 11.2. The van der Waals surface area contributed by atoms with Gasteiger partial charge >= 0.3 is 0 Å². The number of amides is 2. The molecule has 0 aliphatic carbocycles. The number of piperazine rings is 1. The molecule has 2 heterocycles. The summed E-state index contributed by atoms with van der Waals surface area (Å²) in [7, 11) is 0. The van der Waals surface area contributed by atoms with Gasteiger partial charge in [-0.25, -0.2) is 0 Å². The molecule has 1 aliphatic heterocycles. The third kappa shape index (κ3) is 3.69. The molecular weight excluding hydrogens is 292 g/mol. The third-order valence-corrected chi connectivity index (χ3v) is 3.83. The van der Waals surface area contributed by atoms with Crippen LogP contribution in [0.1, 0.15) is 16.1 Å². The number of hydrogen-bond donors (Lipinski definition) is 0. The van der Waals surface area contributed by atoms with Crippen molar-refractivity contribution in [2.45, 2.75) is 0 Å². The highest BCUT2D eigenvalue weighted by atomic mass is 16.3. The maximum Gasteiger partial charge on any atom is 0.253 e. The average Bonchev–Trinajstić information content (AvgIpc) is 3.13. The summed E-state index contributed by atoms with van der Waals surface area (Å²) < 4.78 is 5.16. The van der Waals surface area contributed by atoms with Crippen LogP contribution in [0.25, 0.3) is 6.08 Å². The van der Waals surface area contributed by atoms with E-state index in [2.05, 4.69) is 0 Å². The summed E-state index contributed by atoms with van der Waals surface area (Å²) in [6.45, 7) is 2.18. The van der Waals surface area contributed by atoms with E-state index in [4.69, 9.17) is 4.42 Å². The Kier molecular flexibility index (Phi) is 4.57. The normalized spacial score (nSPS) is 15.1. The zero-order valence-corrected chi connectivity index (χ0v) is 12.7. The van der Waals surface area contributed by atoms with Crippen LogP contribution in [0.15, 0.2) is 59.2 Å². The lowest BCUT2D eigenvalue weighted by Gasteiger charge is -2.34. The molecule has 23 heavy (non-hydrogen) atoms. The second kappa shape index (κ2) is 6.96. The van der Waals surface area contributed by atoms with Gasteiger partial charge in [0, 0.05) is 37.8 Å². The highest BCUT2D eigenvalue weighted by molar-refractivity contribution is 5.95. The zero-order valence-electron chi connectivity index (χ0n) is 12.7. The van der Waals surface area contributed by atoms with Crippen molar-refractivity contribution >= 4 is 17.9 Å². The van der Waals surface area contributed by atoms with Gasteiger partial charge in [-0.3, -0.25) is 9.59 Å². The summed E-state index contributed by atoms with van der Waals surface area (Å²) in [6, 6.07) is 12.8. The van der Waals surface area contributed by atoms with Crippen LogP contribution < -0.4 is 0 Å². The van der Waals surface area contributed by atoms with Crippen molar-refractivity contribution in [2.24, 2.45) is 0 Å². The summed E-state index contributed by atoms with van der Waals surface area (Å²) in [5.74, 6) is 0.605. The van der Waals surface area contributed by atoms with Crippen molar-refractivity contribution in [3.05, 3.63) is 66.1 Å². The molecular formula is C18H18N2O3. The Bertz CT molecular complexity index is 684. The highest BCUT2D eigenvalue weighted by Crippen LogP contribution is 2.10. The highest BCUT2D eigenvalue weighted by Gasteiger charge is 2.23. The Morgan fingerprint density at radius 3 is 2.26 bits per heavy atom. The van der Waals surface area contributed by atoms with Gasteiger partial charge < -0.3 is 14.2 Å². The van der Waals surface area contributed by atoms with Crippen molar-refractivity contribution in [3.63, 3.8) is 0 Å². The van der Waals surface area contributed by atoms with Crippen LogP contribution >= 0.6 is 0 Å². The monoisotopic (exact) mass is 310 g/mol. The molecule has 0 N–H and O–H groups in total. The van der Waals surface area contributed by atoms with Crippen molar-refractivity contribution in [1.82, 2.24) is 9.80 Å². The molecule has 0 atom stereocenters. The fourth-order valence-corrected chi connectivity index (χ4v) is 2.54. The molecule has 1 fully saturated rings. The molecule has 3 rings (SSSR count). The van der Waals surface area contributed by atoms with E-state index in [9.17, 15) is 9.59 Å². The summed E-state index contributed by atoms with van der Waals surface area (Å²) in [5, 5.41) is 0. The van der Waals surface area contributed by atoms with Crippen LogP contribution in [0.5, 0.6) is 0 Å². The Hall–Kier alpha value is -2.82. The van der Waals surface area contributed by atoms with E-state index in [0.29, 0.717) is 37.5 Å².